The van der Waals surface area contributed by atoms with Crippen molar-refractivity contribution < 1.29 is 41.4 Å². The summed E-state index contributed by atoms with van der Waals surface area (Å²) in [6.45, 7) is 0. The predicted molar refractivity (Wildman–Crippen MR) is 38.8 cm³/mol. The fraction of sp³-hybridized carbons (Fsp3) is 0. The zero-order valence-corrected chi connectivity index (χ0v) is 7.77. The molecule has 1 rings (SSSR count). The van der Waals surface area contributed by atoms with Gasteiger partial charge < -0.3 is 20.1 Å². The van der Waals surface area contributed by atoms with Crippen LogP contribution in [0.15, 0.2) is 30.3 Å². The molecule has 0 saturated heterocycles. The van der Waals surface area contributed by atoms with E-state index in [9.17, 15) is 4.79 Å². The van der Waals surface area contributed by atoms with Crippen molar-refractivity contribution in [2.75, 3.05) is 0 Å². The van der Waals surface area contributed by atoms with Gasteiger partial charge in [-0.1, -0.05) is 18.2 Å². The summed E-state index contributed by atoms with van der Waals surface area (Å²) < 4.78 is 0. The van der Waals surface area contributed by atoms with Crippen molar-refractivity contribution >= 4 is 12.1 Å². The number of aromatic carboxylic acids is 1. The maximum Gasteiger partial charge on any atom is 2.00 e. The quantitative estimate of drug-likeness (QED) is 0.631. The van der Waals surface area contributed by atoms with Crippen molar-refractivity contribution in [3.8, 4) is 0 Å². The van der Waals surface area contributed by atoms with Crippen LogP contribution in [0, 0.1) is 0 Å². The Hall–Kier alpha value is -1.55. The van der Waals surface area contributed by atoms with Crippen LogP contribution in [0.2, 0.25) is 0 Å². The minimum absolute atomic E-state index is 0. The van der Waals surface area contributed by atoms with Crippen LogP contribution in [-0.2, 0) is 16.5 Å². The summed E-state index contributed by atoms with van der Waals surface area (Å²) in [7, 11) is 0. The number of rotatable bonds is 1. The Morgan fingerprint density at radius 3 is 1.64 bits per heavy atom. The van der Waals surface area contributed by atoms with Crippen LogP contribution in [0.4, 0.5) is 4.79 Å². The van der Waals surface area contributed by atoms with Crippen molar-refractivity contribution in [1.29, 1.82) is 0 Å². The van der Waals surface area contributed by atoms with Gasteiger partial charge in [0.15, 0.2) is 0 Å². The first kappa shape index (κ1) is 15.0. The van der Waals surface area contributed by atoms with Gasteiger partial charge in [0.2, 0.25) is 0 Å². The number of carbonyl (C=O) groups excluding carboxylic acids is 1. The van der Waals surface area contributed by atoms with Gasteiger partial charge in [0.05, 0.1) is 5.56 Å². The van der Waals surface area contributed by atoms with E-state index in [0.717, 1.165) is 0 Å². The molecule has 1 aromatic rings. The molecule has 0 fully saturated rings. The molecule has 0 amide bonds. The van der Waals surface area contributed by atoms with Gasteiger partial charge in [0, 0.05) is 0 Å². The third-order valence-electron chi connectivity index (χ3n) is 1.02. The molecule has 0 bridgehead atoms. The zero-order chi connectivity index (χ0) is 10.3. The summed E-state index contributed by atoms with van der Waals surface area (Å²) in [4.78, 5) is 18.5. The SMILES string of the molecule is O=C(O)c1ccccc1.O=C([O-])[O-].[Ni+2]. The Morgan fingerprint density at radius 2 is 1.43 bits per heavy atom. The molecule has 78 valence electrons. The molecule has 1 aromatic carbocycles. The number of carboxylic acids is 1. The smallest absolute Gasteiger partial charge is 0.652 e. The molecule has 0 atom stereocenters. The van der Waals surface area contributed by atoms with Gasteiger partial charge in [-0.2, -0.15) is 0 Å². The van der Waals surface area contributed by atoms with Gasteiger partial charge >= 0.3 is 22.5 Å². The standard InChI is InChI=1S/C7H6O2.CH2O3.Ni/c8-7(9)6-4-2-1-3-5-6;2-1(3)4;/h1-5H,(H,8,9);(H2,2,3,4);/q;;+2/p-2. The molecule has 0 spiro atoms. The molecule has 1 N–H and O–H groups in total. The largest absolute Gasteiger partial charge is 2.00 e. The van der Waals surface area contributed by atoms with Crippen molar-refractivity contribution in [2.45, 2.75) is 0 Å². The van der Waals surface area contributed by atoms with E-state index < -0.39 is 12.1 Å². The third kappa shape index (κ3) is 8.55. The Labute approximate surface area is 89.9 Å². The van der Waals surface area contributed by atoms with Gasteiger partial charge in [-0.25, -0.2) is 4.79 Å². The molecule has 0 saturated carbocycles. The molecule has 0 aliphatic rings. The Morgan fingerprint density at radius 1 is 1.07 bits per heavy atom. The summed E-state index contributed by atoms with van der Waals surface area (Å²) in [5.41, 5.74) is 0.331. The number of hydrogen-bond donors (Lipinski definition) is 1. The van der Waals surface area contributed by atoms with Crippen LogP contribution in [0.5, 0.6) is 0 Å². The molecular formula is C8H6NiO5. The Bertz CT molecular complexity index is 281. The molecule has 0 radical (unpaired) electrons. The normalized spacial score (nSPS) is 7.43. The van der Waals surface area contributed by atoms with Gasteiger partial charge in [0.1, 0.15) is 0 Å². The zero-order valence-electron chi connectivity index (χ0n) is 6.78. The first-order valence-electron chi connectivity index (χ1n) is 3.20. The van der Waals surface area contributed by atoms with E-state index in [4.69, 9.17) is 20.1 Å². The van der Waals surface area contributed by atoms with Crippen LogP contribution >= 0.6 is 0 Å². The Kier molecular flexibility index (Phi) is 8.62. The number of carboxylic acid groups (broad SMARTS) is 3. The second kappa shape index (κ2) is 8.07. The number of hydrogen-bond acceptors (Lipinski definition) is 4. The van der Waals surface area contributed by atoms with Crippen LogP contribution in [0.25, 0.3) is 0 Å². The first-order chi connectivity index (χ1) is 6.04. The molecule has 0 aliphatic carbocycles. The molecule has 14 heavy (non-hydrogen) atoms. The van der Waals surface area contributed by atoms with E-state index in [1.807, 2.05) is 0 Å². The summed E-state index contributed by atoms with van der Waals surface area (Å²) in [5.74, 6) is -0.879. The van der Waals surface area contributed by atoms with E-state index in [0.29, 0.717) is 5.56 Å². The summed E-state index contributed by atoms with van der Waals surface area (Å²) in [6, 6.07) is 8.30. The second-order valence-electron chi connectivity index (χ2n) is 1.92. The monoisotopic (exact) mass is 240 g/mol. The van der Waals surface area contributed by atoms with Gasteiger partial charge in [-0.05, 0) is 18.3 Å². The maximum atomic E-state index is 10.2. The number of carbonyl (C=O) groups is 2. The summed E-state index contributed by atoms with van der Waals surface area (Å²) >= 11 is 0. The molecular weight excluding hydrogens is 235 g/mol. The molecule has 0 unspecified atom stereocenters. The van der Waals surface area contributed by atoms with Gasteiger partial charge in [0.25, 0.3) is 0 Å². The maximum absolute atomic E-state index is 10.2. The fourth-order valence-corrected chi connectivity index (χ4v) is 0.581. The third-order valence-corrected chi connectivity index (χ3v) is 1.02. The van der Waals surface area contributed by atoms with Crippen molar-refractivity contribution in [1.82, 2.24) is 0 Å². The van der Waals surface area contributed by atoms with E-state index in [2.05, 4.69) is 0 Å². The van der Waals surface area contributed by atoms with E-state index in [1.54, 1.807) is 30.3 Å². The molecule has 0 heterocycles. The van der Waals surface area contributed by atoms with Gasteiger partial charge in [-0.3, -0.25) is 0 Å². The number of benzene rings is 1. The average Bonchev–Trinajstić information content (AvgIpc) is 2.05. The summed E-state index contributed by atoms with van der Waals surface area (Å²) in [6.07, 6.45) is -2.33. The van der Waals surface area contributed by atoms with Crippen LogP contribution < -0.4 is 10.2 Å². The minimum Gasteiger partial charge on any atom is -0.652 e. The first-order valence-corrected chi connectivity index (χ1v) is 3.20. The van der Waals surface area contributed by atoms with Crippen molar-refractivity contribution in [3.63, 3.8) is 0 Å². The van der Waals surface area contributed by atoms with Crippen molar-refractivity contribution in [2.24, 2.45) is 0 Å². The Balaban J connectivity index is 0. The van der Waals surface area contributed by atoms with Crippen molar-refractivity contribution in [3.05, 3.63) is 35.9 Å². The van der Waals surface area contributed by atoms with Crippen LogP contribution in [0.1, 0.15) is 10.4 Å². The van der Waals surface area contributed by atoms with Gasteiger partial charge in [-0.15, -0.1) is 0 Å². The minimum atomic E-state index is -2.33. The second-order valence-corrected chi connectivity index (χ2v) is 1.92. The molecule has 6 heteroatoms. The van der Waals surface area contributed by atoms with E-state index in [1.165, 1.54) is 0 Å². The average molecular weight is 241 g/mol. The van der Waals surface area contributed by atoms with Crippen LogP contribution in [0.3, 0.4) is 0 Å². The van der Waals surface area contributed by atoms with E-state index >= 15 is 0 Å². The predicted octanol–water partition coefficient (Wildman–Crippen LogP) is -1.06. The van der Waals surface area contributed by atoms with E-state index in [-0.39, 0.29) is 16.5 Å². The fourth-order valence-electron chi connectivity index (χ4n) is 0.581. The van der Waals surface area contributed by atoms with Crippen LogP contribution in [-0.4, -0.2) is 17.2 Å². The topological polar surface area (TPSA) is 100 Å². The molecule has 0 aliphatic heterocycles. The molecule has 5 nitrogen and oxygen atoms in total. The molecule has 0 aromatic heterocycles. The summed E-state index contributed by atoms with van der Waals surface area (Å²) in [5, 5.41) is 25.1.